The molecule has 0 radical (unpaired) electrons. The second kappa shape index (κ2) is 4.58. The molecule has 1 aliphatic heterocycles. The molecule has 0 aromatic heterocycles. The molecule has 76 valence electrons. The maximum Gasteiger partial charge on any atom is 0.108 e. The zero-order chi connectivity index (χ0) is 9.84. The molecule has 1 rings (SSSR count). The van der Waals surface area contributed by atoms with E-state index < -0.39 is 0 Å². The van der Waals surface area contributed by atoms with Crippen LogP contribution in [0.1, 0.15) is 19.8 Å². The molecule has 4 nitrogen and oxygen atoms in total. The van der Waals surface area contributed by atoms with Gasteiger partial charge in [0, 0.05) is 13.2 Å². The zero-order valence-corrected chi connectivity index (χ0v) is 8.16. The van der Waals surface area contributed by atoms with E-state index in [4.69, 9.17) is 16.2 Å². The molecule has 0 bridgehead atoms. The first-order valence-corrected chi connectivity index (χ1v) is 4.87. The van der Waals surface area contributed by atoms with E-state index in [1.165, 1.54) is 0 Å². The molecule has 0 spiro atoms. The van der Waals surface area contributed by atoms with Crippen molar-refractivity contribution < 1.29 is 5.11 Å². The number of aliphatic hydroxyl groups excluding tert-OH is 1. The molecular weight excluding hydrogens is 166 g/mol. The summed E-state index contributed by atoms with van der Waals surface area (Å²) in [6, 6.07) is 0.0801. The van der Waals surface area contributed by atoms with Crippen molar-refractivity contribution in [3.8, 4) is 0 Å². The van der Waals surface area contributed by atoms with E-state index in [2.05, 4.69) is 4.90 Å². The van der Waals surface area contributed by atoms with Gasteiger partial charge in [0.05, 0.1) is 6.04 Å². The fourth-order valence-corrected chi connectivity index (χ4v) is 1.97. The Hall–Kier alpha value is -0.610. The zero-order valence-electron chi connectivity index (χ0n) is 8.16. The van der Waals surface area contributed by atoms with Crippen LogP contribution < -0.4 is 5.73 Å². The Balaban J connectivity index is 2.48. The molecule has 1 fully saturated rings. The van der Waals surface area contributed by atoms with Gasteiger partial charge in [-0.15, -0.1) is 0 Å². The number of hydrogen-bond donors (Lipinski definition) is 3. The maximum atomic E-state index is 8.97. The Kier molecular flexibility index (Phi) is 3.69. The molecule has 2 atom stereocenters. The highest BCUT2D eigenvalue weighted by Crippen LogP contribution is 2.19. The fraction of sp³-hybridized carbons (Fsp3) is 0.889. The van der Waals surface area contributed by atoms with Gasteiger partial charge in [0.1, 0.15) is 5.84 Å². The third kappa shape index (κ3) is 2.42. The van der Waals surface area contributed by atoms with Crippen LogP contribution in [0, 0.1) is 11.3 Å². The minimum Gasteiger partial charge on any atom is -0.396 e. The van der Waals surface area contributed by atoms with E-state index >= 15 is 0 Å². The first kappa shape index (κ1) is 10.5. The average Bonchev–Trinajstić information content (AvgIpc) is 2.53. The van der Waals surface area contributed by atoms with Crippen LogP contribution in [0.25, 0.3) is 0 Å². The number of hydrogen-bond acceptors (Lipinski definition) is 3. The molecule has 4 heteroatoms. The molecule has 0 aromatic rings. The summed E-state index contributed by atoms with van der Waals surface area (Å²) < 4.78 is 0. The van der Waals surface area contributed by atoms with Crippen LogP contribution in [0.15, 0.2) is 0 Å². The summed E-state index contributed by atoms with van der Waals surface area (Å²) >= 11 is 0. The van der Waals surface area contributed by atoms with Crippen LogP contribution in [0.3, 0.4) is 0 Å². The van der Waals surface area contributed by atoms with Gasteiger partial charge in [0.2, 0.25) is 0 Å². The minimum absolute atomic E-state index is 0.0801. The van der Waals surface area contributed by atoms with Crippen molar-refractivity contribution in [2.75, 3.05) is 19.7 Å². The van der Waals surface area contributed by atoms with Crippen LogP contribution in [0.4, 0.5) is 0 Å². The molecule has 4 N–H and O–H groups in total. The lowest BCUT2D eigenvalue weighted by Crippen LogP contribution is -2.42. The highest BCUT2D eigenvalue weighted by atomic mass is 16.3. The van der Waals surface area contributed by atoms with Gasteiger partial charge >= 0.3 is 0 Å². The Morgan fingerprint density at radius 3 is 2.85 bits per heavy atom. The van der Waals surface area contributed by atoms with Crippen molar-refractivity contribution in [1.29, 1.82) is 5.41 Å². The van der Waals surface area contributed by atoms with Crippen molar-refractivity contribution in [1.82, 2.24) is 4.90 Å². The van der Waals surface area contributed by atoms with E-state index in [0.717, 1.165) is 25.9 Å². The summed E-state index contributed by atoms with van der Waals surface area (Å²) in [6.07, 6.45) is 1.91. The molecular formula is C9H19N3O. The monoisotopic (exact) mass is 185 g/mol. The molecule has 0 amide bonds. The van der Waals surface area contributed by atoms with Crippen molar-refractivity contribution in [2.24, 2.45) is 11.7 Å². The molecule has 1 aliphatic rings. The van der Waals surface area contributed by atoms with Gasteiger partial charge in [-0.1, -0.05) is 6.92 Å². The largest absolute Gasteiger partial charge is 0.396 e. The first-order chi connectivity index (χ1) is 6.19. The van der Waals surface area contributed by atoms with E-state index in [1.54, 1.807) is 0 Å². The van der Waals surface area contributed by atoms with Crippen molar-refractivity contribution >= 4 is 5.84 Å². The number of rotatable bonds is 4. The van der Waals surface area contributed by atoms with Gasteiger partial charge in [-0.25, -0.2) is 0 Å². The third-order valence-electron chi connectivity index (χ3n) is 2.76. The number of nitrogens with zero attached hydrogens (tertiary/aromatic N) is 1. The van der Waals surface area contributed by atoms with E-state index in [9.17, 15) is 0 Å². The van der Waals surface area contributed by atoms with Crippen LogP contribution in [0.5, 0.6) is 0 Å². The Bertz CT molecular complexity index is 184. The van der Waals surface area contributed by atoms with Crippen molar-refractivity contribution in [3.63, 3.8) is 0 Å². The normalized spacial score (nSPS) is 26.2. The summed E-state index contributed by atoms with van der Waals surface area (Å²) in [6.45, 7) is 4.14. The second-order valence-electron chi connectivity index (χ2n) is 3.71. The third-order valence-corrected chi connectivity index (χ3v) is 2.76. The summed E-state index contributed by atoms with van der Waals surface area (Å²) in [5.41, 5.74) is 5.49. The summed E-state index contributed by atoms with van der Waals surface area (Å²) in [4.78, 5) is 2.20. The minimum atomic E-state index is 0.0801. The fourth-order valence-electron chi connectivity index (χ4n) is 1.97. The average molecular weight is 185 g/mol. The molecule has 2 unspecified atom stereocenters. The van der Waals surface area contributed by atoms with E-state index in [0.29, 0.717) is 5.92 Å². The predicted molar refractivity (Wildman–Crippen MR) is 52.8 cm³/mol. The molecule has 0 aromatic carbocycles. The highest BCUT2D eigenvalue weighted by molar-refractivity contribution is 5.82. The number of amidine groups is 1. The van der Waals surface area contributed by atoms with Crippen LogP contribution in [-0.4, -0.2) is 41.6 Å². The number of nitrogens with one attached hydrogen (secondary N) is 1. The second-order valence-corrected chi connectivity index (χ2v) is 3.71. The Morgan fingerprint density at radius 2 is 2.46 bits per heavy atom. The predicted octanol–water partition coefficient (Wildman–Crippen LogP) is 0.0152. The van der Waals surface area contributed by atoms with Gasteiger partial charge in [0.25, 0.3) is 0 Å². The molecule has 0 aliphatic carbocycles. The van der Waals surface area contributed by atoms with Gasteiger partial charge in [-0.2, -0.15) is 0 Å². The highest BCUT2D eigenvalue weighted by Gasteiger charge is 2.28. The quantitative estimate of drug-likeness (QED) is 0.427. The molecule has 1 heterocycles. The van der Waals surface area contributed by atoms with Gasteiger partial charge in [-0.05, 0) is 25.3 Å². The topological polar surface area (TPSA) is 73.3 Å². The van der Waals surface area contributed by atoms with E-state index in [-0.39, 0.29) is 18.5 Å². The van der Waals surface area contributed by atoms with E-state index in [1.807, 2.05) is 6.92 Å². The number of aliphatic hydroxyl groups is 1. The van der Waals surface area contributed by atoms with Crippen LogP contribution in [-0.2, 0) is 0 Å². The first-order valence-electron chi connectivity index (χ1n) is 4.87. The number of likely N-dealkylation sites (tertiary alicyclic amines) is 1. The lowest BCUT2D eigenvalue weighted by atomic mass is 10.1. The molecule has 1 saturated heterocycles. The summed E-state index contributed by atoms with van der Waals surface area (Å²) in [5.74, 6) is 0.634. The summed E-state index contributed by atoms with van der Waals surface area (Å²) in [7, 11) is 0. The van der Waals surface area contributed by atoms with Crippen LogP contribution in [0.2, 0.25) is 0 Å². The van der Waals surface area contributed by atoms with Crippen molar-refractivity contribution in [2.45, 2.75) is 25.8 Å². The number of nitrogens with two attached hydrogens (primary N) is 1. The lowest BCUT2D eigenvalue weighted by molar-refractivity contribution is 0.213. The lowest BCUT2D eigenvalue weighted by Gasteiger charge is -2.25. The smallest absolute Gasteiger partial charge is 0.108 e. The standard InChI is InChI=1S/C9H19N3O/c1-2-8(9(10)11)12-4-3-7(5-12)6-13/h7-8,13H,2-6H2,1H3,(H3,10,11). The van der Waals surface area contributed by atoms with Crippen LogP contribution >= 0.6 is 0 Å². The van der Waals surface area contributed by atoms with Gasteiger partial charge in [0.15, 0.2) is 0 Å². The Morgan fingerprint density at radius 1 is 1.77 bits per heavy atom. The Labute approximate surface area is 79.2 Å². The molecule has 0 saturated carbocycles. The van der Waals surface area contributed by atoms with Gasteiger partial charge in [-0.3, -0.25) is 10.3 Å². The SMILES string of the molecule is CCC(C(=N)N)N1CCC(CO)C1. The molecule has 13 heavy (non-hydrogen) atoms. The van der Waals surface area contributed by atoms with Crippen molar-refractivity contribution in [3.05, 3.63) is 0 Å². The summed E-state index contributed by atoms with van der Waals surface area (Å²) in [5, 5.41) is 16.4. The maximum absolute atomic E-state index is 8.97. The van der Waals surface area contributed by atoms with Gasteiger partial charge < -0.3 is 10.8 Å².